The van der Waals surface area contributed by atoms with Crippen molar-refractivity contribution in [3.8, 4) is 12.3 Å². The number of terminal acetylenes is 1. The van der Waals surface area contributed by atoms with Gasteiger partial charge in [-0.25, -0.2) is 8.42 Å². The molecule has 0 fully saturated rings. The summed E-state index contributed by atoms with van der Waals surface area (Å²) in [4.78, 5) is 12.9. The summed E-state index contributed by atoms with van der Waals surface area (Å²) in [6, 6.07) is -0.605. The maximum Gasteiger partial charge on any atom is 0.305 e. The van der Waals surface area contributed by atoms with Crippen molar-refractivity contribution in [2.24, 2.45) is 0 Å². The fourth-order valence-corrected chi connectivity index (χ4v) is 3.45. The predicted molar refractivity (Wildman–Crippen MR) is 58.3 cm³/mol. The van der Waals surface area contributed by atoms with Crippen LogP contribution in [0.15, 0.2) is 9.00 Å². The lowest BCUT2D eigenvalue weighted by molar-refractivity contribution is 0.579. The van der Waals surface area contributed by atoms with E-state index in [1.165, 1.54) is 6.92 Å². The van der Waals surface area contributed by atoms with Crippen LogP contribution in [0.5, 0.6) is 0 Å². The third-order valence-electron chi connectivity index (χ3n) is 1.61. The highest BCUT2D eigenvalue weighted by Crippen LogP contribution is 2.15. The minimum atomic E-state index is -3.69. The normalized spacial score (nSPS) is 13.4. The summed E-state index contributed by atoms with van der Waals surface area (Å²) >= 11 is 0.644. The molecule has 0 saturated carbocycles. The van der Waals surface area contributed by atoms with Crippen molar-refractivity contribution in [2.75, 3.05) is 0 Å². The molecule has 0 aliphatic heterocycles. The SMILES string of the molecule is C#CC(C)NS(=O)(=O)c1sc(=O)[nH]c1C. The maximum absolute atomic E-state index is 11.7. The molecule has 0 aliphatic rings. The molecule has 1 aromatic rings. The molecule has 0 spiro atoms. The van der Waals surface area contributed by atoms with Crippen LogP contribution in [0, 0.1) is 19.3 Å². The Morgan fingerprint density at radius 3 is 2.60 bits per heavy atom. The molecule has 1 heterocycles. The van der Waals surface area contributed by atoms with Crippen LogP contribution in [0.4, 0.5) is 0 Å². The third-order valence-corrected chi connectivity index (χ3v) is 4.75. The van der Waals surface area contributed by atoms with E-state index < -0.39 is 20.9 Å². The molecule has 7 heteroatoms. The number of hydrogen-bond acceptors (Lipinski definition) is 4. The molecule has 0 bridgehead atoms. The minimum Gasteiger partial charge on any atom is -0.315 e. The average molecular weight is 246 g/mol. The van der Waals surface area contributed by atoms with Gasteiger partial charge in [-0.05, 0) is 13.8 Å². The Bertz CT molecular complexity index is 547. The smallest absolute Gasteiger partial charge is 0.305 e. The molecule has 1 unspecified atom stereocenters. The van der Waals surface area contributed by atoms with Crippen LogP contribution >= 0.6 is 11.3 Å². The van der Waals surface area contributed by atoms with Gasteiger partial charge in [-0.1, -0.05) is 17.3 Å². The van der Waals surface area contributed by atoms with Gasteiger partial charge < -0.3 is 4.98 Å². The summed E-state index contributed by atoms with van der Waals surface area (Å²) in [5, 5.41) is 0. The lowest BCUT2D eigenvalue weighted by atomic mass is 10.4. The molecule has 1 rings (SSSR count). The molecule has 0 radical (unpaired) electrons. The van der Waals surface area contributed by atoms with Crippen LogP contribution in [0.25, 0.3) is 0 Å². The van der Waals surface area contributed by atoms with Gasteiger partial charge in [0.1, 0.15) is 0 Å². The number of sulfonamides is 1. The number of aromatic amines is 1. The summed E-state index contributed by atoms with van der Waals surface area (Å²) < 4.78 is 25.6. The molecule has 0 saturated heterocycles. The van der Waals surface area contributed by atoms with Crippen LogP contribution in [-0.2, 0) is 10.0 Å². The number of nitrogens with one attached hydrogen (secondary N) is 2. The number of H-pyrrole nitrogens is 1. The highest BCUT2D eigenvalue weighted by molar-refractivity contribution is 7.91. The fraction of sp³-hybridized carbons (Fsp3) is 0.375. The largest absolute Gasteiger partial charge is 0.315 e. The van der Waals surface area contributed by atoms with Gasteiger partial charge in [-0.3, -0.25) is 4.79 Å². The first kappa shape index (κ1) is 12.0. The predicted octanol–water partition coefficient (Wildman–Crippen LogP) is 0.0448. The van der Waals surface area contributed by atoms with Crippen molar-refractivity contribution in [3.63, 3.8) is 0 Å². The summed E-state index contributed by atoms with van der Waals surface area (Å²) in [6.07, 6.45) is 5.06. The van der Waals surface area contributed by atoms with Gasteiger partial charge in [0.15, 0.2) is 4.21 Å². The van der Waals surface area contributed by atoms with E-state index in [9.17, 15) is 13.2 Å². The van der Waals surface area contributed by atoms with E-state index >= 15 is 0 Å². The second-order valence-corrected chi connectivity index (χ2v) is 5.83. The number of hydrogen-bond donors (Lipinski definition) is 2. The van der Waals surface area contributed by atoms with Crippen molar-refractivity contribution in [3.05, 3.63) is 15.4 Å². The van der Waals surface area contributed by atoms with E-state index in [0.29, 0.717) is 17.0 Å². The van der Waals surface area contributed by atoms with Crippen molar-refractivity contribution in [1.82, 2.24) is 9.71 Å². The number of rotatable bonds is 3. The first-order valence-corrected chi connectivity index (χ1v) is 6.35. The fourth-order valence-electron chi connectivity index (χ4n) is 0.967. The van der Waals surface area contributed by atoms with Gasteiger partial charge in [0.25, 0.3) is 10.0 Å². The van der Waals surface area contributed by atoms with Crippen LogP contribution in [-0.4, -0.2) is 19.4 Å². The molecule has 82 valence electrons. The molecule has 0 amide bonds. The van der Waals surface area contributed by atoms with Crippen LogP contribution in [0.2, 0.25) is 0 Å². The van der Waals surface area contributed by atoms with E-state index in [0.717, 1.165) is 0 Å². The van der Waals surface area contributed by atoms with Crippen molar-refractivity contribution in [2.45, 2.75) is 24.1 Å². The lowest BCUT2D eigenvalue weighted by Crippen LogP contribution is -2.31. The zero-order valence-corrected chi connectivity index (χ0v) is 9.83. The highest BCUT2D eigenvalue weighted by Gasteiger charge is 2.21. The molecule has 2 N–H and O–H groups in total. The van der Waals surface area contributed by atoms with Gasteiger partial charge in [0, 0.05) is 5.69 Å². The summed E-state index contributed by atoms with van der Waals surface area (Å²) in [5.41, 5.74) is 0.321. The number of aromatic nitrogens is 1. The Labute approximate surface area is 91.6 Å². The van der Waals surface area contributed by atoms with E-state index in [-0.39, 0.29) is 4.21 Å². The van der Waals surface area contributed by atoms with E-state index in [1.807, 2.05) is 0 Å². The Morgan fingerprint density at radius 2 is 2.20 bits per heavy atom. The Hall–Kier alpha value is -1.10. The monoisotopic (exact) mass is 246 g/mol. The summed E-state index contributed by atoms with van der Waals surface area (Å²) in [5.74, 6) is 2.24. The molecular formula is C8H10N2O3S2. The van der Waals surface area contributed by atoms with Crippen molar-refractivity contribution < 1.29 is 8.42 Å². The maximum atomic E-state index is 11.7. The molecular weight excluding hydrogens is 236 g/mol. The molecule has 0 aliphatic carbocycles. The van der Waals surface area contributed by atoms with E-state index in [2.05, 4.69) is 15.6 Å². The first-order chi connectivity index (χ1) is 6.86. The molecule has 1 atom stereocenters. The summed E-state index contributed by atoms with van der Waals surface area (Å²) in [7, 11) is -3.69. The van der Waals surface area contributed by atoms with Gasteiger partial charge in [-0.15, -0.1) is 6.42 Å². The van der Waals surface area contributed by atoms with Crippen molar-refractivity contribution >= 4 is 21.4 Å². The Kier molecular flexibility index (Phi) is 3.34. The third kappa shape index (κ3) is 2.68. The number of aryl methyl sites for hydroxylation is 1. The van der Waals surface area contributed by atoms with Gasteiger partial charge >= 0.3 is 4.87 Å². The minimum absolute atomic E-state index is 0.0189. The lowest BCUT2D eigenvalue weighted by Gasteiger charge is -2.06. The van der Waals surface area contributed by atoms with Gasteiger partial charge in [0.2, 0.25) is 0 Å². The zero-order valence-electron chi connectivity index (χ0n) is 8.20. The topological polar surface area (TPSA) is 79.0 Å². The van der Waals surface area contributed by atoms with Crippen molar-refractivity contribution in [1.29, 1.82) is 0 Å². The zero-order chi connectivity index (χ0) is 11.6. The summed E-state index contributed by atoms with van der Waals surface area (Å²) in [6.45, 7) is 3.06. The molecule has 15 heavy (non-hydrogen) atoms. The highest BCUT2D eigenvalue weighted by atomic mass is 32.2. The van der Waals surface area contributed by atoms with Crippen LogP contribution < -0.4 is 9.60 Å². The average Bonchev–Trinajstić information content (AvgIpc) is 2.45. The quantitative estimate of drug-likeness (QED) is 0.739. The van der Waals surface area contributed by atoms with Crippen LogP contribution in [0.1, 0.15) is 12.6 Å². The van der Waals surface area contributed by atoms with E-state index in [1.54, 1.807) is 6.92 Å². The number of thiazole rings is 1. The molecule has 5 nitrogen and oxygen atoms in total. The van der Waals surface area contributed by atoms with E-state index in [4.69, 9.17) is 6.42 Å². The standard InChI is InChI=1S/C8H10N2O3S2/c1-4-5(2)10-15(12,13)7-6(3)9-8(11)14-7/h1,5,10H,2-3H3,(H,9,11). The van der Waals surface area contributed by atoms with Gasteiger partial charge in [0.05, 0.1) is 6.04 Å². The van der Waals surface area contributed by atoms with Crippen LogP contribution in [0.3, 0.4) is 0 Å². The second kappa shape index (κ2) is 4.18. The Balaban J connectivity index is 3.13. The van der Waals surface area contributed by atoms with Gasteiger partial charge in [-0.2, -0.15) is 4.72 Å². The second-order valence-electron chi connectivity index (χ2n) is 2.94. The first-order valence-electron chi connectivity index (χ1n) is 4.05. The Morgan fingerprint density at radius 1 is 1.60 bits per heavy atom. The molecule has 1 aromatic heterocycles. The molecule has 0 aromatic carbocycles.